The number of fused-ring (bicyclic) bond motifs is 1. The molecule has 0 aliphatic heterocycles. The fourth-order valence-corrected chi connectivity index (χ4v) is 4.61. The van der Waals surface area contributed by atoms with Crippen LogP contribution in [0.3, 0.4) is 0 Å². The molecule has 5 rings (SSSR count). The first-order chi connectivity index (χ1) is 20.2. The number of carbonyl (C=O) groups is 1. The molecule has 42 heavy (non-hydrogen) atoms. The monoisotopic (exact) mass is 607 g/mol. The molecule has 14 heteroatoms. The Morgan fingerprint density at radius 1 is 1.07 bits per heavy atom. The summed E-state index contributed by atoms with van der Waals surface area (Å²) in [5.74, 6) is 0.184. The third-order valence-corrected chi connectivity index (χ3v) is 6.94. The predicted molar refractivity (Wildman–Crippen MR) is 158 cm³/mol. The molecule has 0 bridgehead atoms. The zero-order chi connectivity index (χ0) is 30.0. The maximum absolute atomic E-state index is 13.2. The van der Waals surface area contributed by atoms with Crippen LogP contribution in [0.1, 0.15) is 21.5 Å². The van der Waals surface area contributed by atoms with Gasteiger partial charge in [-0.2, -0.15) is 10.1 Å². The average molecular weight is 608 g/mol. The first-order valence-corrected chi connectivity index (χ1v) is 13.1. The van der Waals surface area contributed by atoms with Crippen LogP contribution >= 0.6 is 23.2 Å². The SMILES string of the molecule is COc1cc(/C=N\NC(=O)c2cccnc2)ccc1Oc1nc2c(c(=O)n(C)c(=O)n2C)n1Cc1ccc(Cl)cc1Cl. The van der Waals surface area contributed by atoms with E-state index in [1.54, 1.807) is 54.7 Å². The lowest BCUT2D eigenvalue weighted by Gasteiger charge is -2.13. The summed E-state index contributed by atoms with van der Waals surface area (Å²) in [6.07, 6.45) is 4.44. The summed E-state index contributed by atoms with van der Waals surface area (Å²) in [6.45, 7) is 0.0962. The first-order valence-electron chi connectivity index (χ1n) is 12.4. The second-order valence-corrected chi connectivity index (χ2v) is 9.89. The lowest BCUT2D eigenvalue weighted by atomic mass is 10.2. The molecular formula is C28H23Cl2N7O5. The highest BCUT2D eigenvalue weighted by Crippen LogP contribution is 2.33. The second-order valence-electron chi connectivity index (χ2n) is 9.05. The number of ether oxygens (including phenoxy) is 2. The molecule has 0 spiro atoms. The molecule has 0 fully saturated rings. The van der Waals surface area contributed by atoms with Gasteiger partial charge < -0.3 is 9.47 Å². The van der Waals surface area contributed by atoms with Crippen molar-refractivity contribution in [1.82, 2.24) is 29.1 Å². The zero-order valence-electron chi connectivity index (χ0n) is 22.5. The van der Waals surface area contributed by atoms with Crippen LogP contribution < -0.4 is 26.1 Å². The van der Waals surface area contributed by atoms with Gasteiger partial charge in [0.15, 0.2) is 22.7 Å². The molecule has 5 aromatic rings. The molecule has 3 aromatic heterocycles. The summed E-state index contributed by atoms with van der Waals surface area (Å²) in [6, 6.07) is 13.3. The molecule has 0 atom stereocenters. The van der Waals surface area contributed by atoms with E-state index < -0.39 is 17.2 Å². The van der Waals surface area contributed by atoms with Crippen LogP contribution in [0, 0.1) is 0 Å². The van der Waals surface area contributed by atoms with E-state index in [2.05, 4.69) is 20.5 Å². The second kappa shape index (κ2) is 11.9. The molecule has 0 aliphatic carbocycles. The molecule has 2 aromatic carbocycles. The topological polar surface area (TPSA) is 135 Å². The Kier molecular flexibility index (Phi) is 8.09. The van der Waals surface area contributed by atoms with Crippen molar-refractivity contribution < 1.29 is 14.3 Å². The van der Waals surface area contributed by atoms with Gasteiger partial charge in [-0.1, -0.05) is 29.3 Å². The largest absolute Gasteiger partial charge is 0.493 e. The number of aromatic nitrogens is 5. The molecule has 0 saturated heterocycles. The number of hydrogen-bond acceptors (Lipinski definition) is 8. The van der Waals surface area contributed by atoms with Crippen LogP contribution in [-0.2, 0) is 20.6 Å². The number of hydrogen-bond donors (Lipinski definition) is 1. The van der Waals surface area contributed by atoms with Crippen LogP contribution in [0.25, 0.3) is 11.2 Å². The van der Waals surface area contributed by atoms with Crippen molar-refractivity contribution in [3.8, 4) is 17.5 Å². The quantitative estimate of drug-likeness (QED) is 0.210. The maximum atomic E-state index is 13.2. The average Bonchev–Trinajstić information content (AvgIpc) is 3.35. The highest BCUT2D eigenvalue weighted by molar-refractivity contribution is 6.35. The molecule has 0 unspecified atom stereocenters. The number of nitrogens with one attached hydrogen (secondary N) is 1. The minimum Gasteiger partial charge on any atom is -0.493 e. The van der Waals surface area contributed by atoms with Crippen molar-refractivity contribution >= 4 is 46.5 Å². The highest BCUT2D eigenvalue weighted by atomic mass is 35.5. The summed E-state index contributed by atoms with van der Waals surface area (Å²) in [5.41, 5.74) is 3.25. The maximum Gasteiger partial charge on any atom is 0.332 e. The smallest absolute Gasteiger partial charge is 0.332 e. The standard InChI is InChI=1S/C28H23Cl2N7O5/c1-35-24-23(26(39)36(2)28(35)40)37(15-18-7-8-19(29)12-20(18)30)27(33-24)42-21-9-6-16(11-22(21)41-3)13-32-34-25(38)17-5-4-10-31-14-17/h4-14H,15H2,1-3H3,(H,34,38)/b32-13-. The van der Waals surface area contributed by atoms with Gasteiger partial charge in [-0.05, 0) is 53.6 Å². The van der Waals surface area contributed by atoms with E-state index in [1.807, 2.05) is 0 Å². The van der Waals surface area contributed by atoms with E-state index in [0.29, 0.717) is 32.5 Å². The van der Waals surface area contributed by atoms with E-state index in [0.717, 1.165) is 4.57 Å². The van der Waals surface area contributed by atoms with Crippen LogP contribution in [-0.4, -0.2) is 42.9 Å². The van der Waals surface area contributed by atoms with Crippen molar-refractivity contribution in [2.75, 3.05) is 7.11 Å². The molecule has 1 N–H and O–H groups in total. The molecule has 0 aliphatic rings. The van der Waals surface area contributed by atoms with E-state index in [4.69, 9.17) is 32.7 Å². The Hall–Kier alpha value is -4.94. The van der Waals surface area contributed by atoms with Crippen molar-refractivity contribution in [3.63, 3.8) is 0 Å². The number of nitrogens with zero attached hydrogens (tertiary/aromatic N) is 6. The third kappa shape index (κ3) is 5.62. The molecule has 0 radical (unpaired) electrons. The minimum absolute atomic E-state index is 0.0257. The number of hydrazone groups is 1. The number of benzene rings is 2. The summed E-state index contributed by atoms with van der Waals surface area (Å²) in [7, 11) is 4.37. The molecule has 3 heterocycles. The van der Waals surface area contributed by atoms with Crippen molar-refractivity contribution in [1.29, 1.82) is 0 Å². The van der Waals surface area contributed by atoms with E-state index in [9.17, 15) is 14.4 Å². The van der Waals surface area contributed by atoms with E-state index in [-0.39, 0.29) is 29.5 Å². The predicted octanol–water partition coefficient (Wildman–Crippen LogP) is 3.75. The number of amides is 1. The van der Waals surface area contributed by atoms with Crippen LogP contribution in [0.5, 0.6) is 17.5 Å². The summed E-state index contributed by atoms with van der Waals surface area (Å²) in [5, 5.41) is 4.83. The van der Waals surface area contributed by atoms with Crippen LogP contribution in [0.15, 0.2) is 75.6 Å². The molecule has 0 saturated carbocycles. The van der Waals surface area contributed by atoms with Gasteiger partial charge in [0.25, 0.3) is 11.5 Å². The number of halogens is 2. The number of imidazole rings is 1. The van der Waals surface area contributed by atoms with Gasteiger partial charge in [-0.25, -0.2) is 10.2 Å². The number of carbonyl (C=O) groups excluding carboxylic acids is 1. The number of aryl methyl sites for hydroxylation is 1. The normalized spacial score (nSPS) is 11.3. The highest BCUT2D eigenvalue weighted by Gasteiger charge is 2.22. The lowest BCUT2D eigenvalue weighted by Crippen LogP contribution is -2.37. The minimum atomic E-state index is -0.549. The van der Waals surface area contributed by atoms with Crippen molar-refractivity contribution in [2.45, 2.75) is 6.54 Å². The molecule has 12 nitrogen and oxygen atoms in total. The van der Waals surface area contributed by atoms with Crippen LogP contribution in [0.4, 0.5) is 0 Å². The number of rotatable bonds is 8. The van der Waals surface area contributed by atoms with Gasteiger partial charge >= 0.3 is 11.7 Å². The zero-order valence-corrected chi connectivity index (χ0v) is 24.1. The van der Waals surface area contributed by atoms with Gasteiger partial charge in [0.2, 0.25) is 0 Å². The number of pyridine rings is 1. The molecule has 214 valence electrons. The molecule has 1 amide bonds. The lowest BCUT2D eigenvalue weighted by molar-refractivity contribution is 0.0954. The Labute approximate surface area is 248 Å². The van der Waals surface area contributed by atoms with Gasteiger partial charge in [-0.3, -0.25) is 28.3 Å². The van der Waals surface area contributed by atoms with Crippen molar-refractivity contribution in [2.24, 2.45) is 19.2 Å². The summed E-state index contributed by atoms with van der Waals surface area (Å²) in [4.78, 5) is 46.5. The number of methoxy groups -OCH3 is 1. The summed E-state index contributed by atoms with van der Waals surface area (Å²) < 4.78 is 15.5. The summed E-state index contributed by atoms with van der Waals surface area (Å²) >= 11 is 12.5. The Morgan fingerprint density at radius 3 is 2.60 bits per heavy atom. The third-order valence-electron chi connectivity index (χ3n) is 6.35. The Bertz CT molecular complexity index is 1970. The fourth-order valence-electron chi connectivity index (χ4n) is 4.15. The van der Waals surface area contributed by atoms with E-state index >= 15 is 0 Å². The molecular weight excluding hydrogens is 585 g/mol. The first kappa shape index (κ1) is 28.6. The van der Waals surface area contributed by atoms with Crippen LogP contribution in [0.2, 0.25) is 10.0 Å². The van der Waals surface area contributed by atoms with Gasteiger partial charge in [0, 0.05) is 36.5 Å². The van der Waals surface area contributed by atoms with E-state index in [1.165, 1.54) is 42.8 Å². The Morgan fingerprint density at radius 2 is 1.88 bits per heavy atom. The van der Waals surface area contributed by atoms with Gasteiger partial charge in [0.05, 0.1) is 25.4 Å². The Balaban J connectivity index is 1.50. The van der Waals surface area contributed by atoms with Crippen molar-refractivity contribution in [3.05, 3.63) is 108 Å². The van der Waals surface area contributed by atoms with Gasteiger partial charge in [-0.15, -0.1) is 0 Å². The van der Waals surface area contributed by atoms with Gasteiger partial charge in [0.1, 0.15) is 0 Å². The fraction of sp³-hybridized carbons (Fsp3) is 0.143.